The predicted molar refractivity (Wildman–Crippen MR) is 117 cm³/mol. The summed E-state index contributed by atoms with van der Waals surface area (Å²) in [5.74, 6) is 0.174. The number of nitrogens with one attached hydrogen (secondary N) is 1. The zero-order chi connectivity index (χ0) is 22.4. The zero-order valence-electron chi connectivity index (χ0n) is 17.4. The monoisotopic (exact) mass is 445 g/mol. The van der Waals surface area contributed by atoms with E-state index in [0.29, 0.717) is 31.0 Å². The molecule has 0 radical (unpaired) electrons. The van der Waals surface area contributed by atoms with E-state index in [1.165, 1.54) is 17.0 Å². The molecule has 2 aromatic carbocycles. The van der Waals surface area contributed by atoms with Crippen LogP contribution in [0.25, 0.3) is 0 Å². The van der Waals surface area contributed by atoms with Crippen LogP contribution in [0.5, 0.6) is 5.75 Å². The number of sulfonamides is 1. The molecule has 0 aliphatic carbocycles. The Morgan fingerprint density at radius 2 is 1.77 bits per heavy atom. The van der Waals surface area contributed by atoms with Gasteiger partial charge in [0.1, 0.15) is 5.75 Å². The van der Waals surface area contributed by atoms with Crippen LogP contribution in [0, 0.1) is 0 Å². The number of carbonyl (C=O) groups excluding carboxylic acids is 2. The van der Waals surface area contributed by atoms with Crippen LogP contribution in [0.3, 0.4) is 0 Å². The van der Waals surface area contributed by atoms with Gasteiger partial charge >= 0.3 is 0 Å². The van der Waals surface area contributed by atoms with Crippen molar-refractivity contribution in [2.24, 2.45) is 5.14 Å². The molecule has 1 aliphatic heterocycles. The lowest BCUT2D eigenvalue weighted by atomic mass is 10.1. The van der Waals surface area contributed by atoms with E-state index >= 15 is 0 Å². The topological polar surface area (TPSA) is 119 Å². The quantitative estimate of drug-likeness (QED) is 0.426. The molecular formula is C22H27N3O5S. The fraction of sp³-hybridized carbons (Fsp3) is 0.364. The number of amides is 2. The highest BCUT2D eigenvalue weighted by atomic mass is 32.2. The second-order valence-electron chi connectivity index (χ2n) is 7.41. The summed E-state index contributed by atoms with van der Waals surface area (Å²) in [5.41, 5.74) is 1.42. The average Bonchev–Trinajstić information content (AvgIpc) is 3.02. The zero-order valence-corrected chi connectivity index (χ0v) is 18.2. The number of primary sulfonamides is 1. The smallest absolute Gasteiger partial charge is 0.251 e. The molecule has 2 amide bonds. The first kappa shape index (κ1) is 22.9. The molecule has 3 N–H and O–H groups in total. The Kier molecular flexibility index (Phi) is 7.42. The molecule has 8 nitrogen and oxygen atoms in total. The van der Waals surface area contributed by atoms with Crippen molar-refractivity contribution in [1.82, 2.24) is 5.32 Å². The molecule has 166 valence electrons. The lowest BCUT2D eigenvalue weighted by Gasteiger charge is -2.16. The van der Waals surface area contributed by atoms with Gasteiger partial charge in [-0.15, -0.1) is 0 Å². The van der Waals surface area contributed by atoms with E-state index in [1.54, 1.807) is 36.4 Å². The largest absolute Gasteiger partial charge is 0.494 e. The van der Waals surface area contributed by atoms with Crippen molar-refractivity contribution in [3.63, 3.8) is 0 Å². The number of hydrogen-bond acceptors (Lipinski definition) is 6. The van der Waals surface area contributed by atoms with Gasteiger partial charge in [-0.1, -0.05) is 25.5 Å². The van der Waals surface area contributed by atoms with Gasteiger partial charge in [0.05, 0.1) is 29.7 Å². The van der Waals surface area contributed by atoms with Crippen LogP contribution in [-0.2, 0) is 26.0 Å². The fourth-order valence-electron chi connectivity index (χ4n) is 3.32. The summed E-state index contributed by atoms with van der Waals surface area (Å²) < 4.78 is 28.2. The Hall–Kier alpha value is -2.75. The number of nitrogens with zero attached hydrogens (tertiary/aromatic N) is 1. The molecule has 1 heterocycles. The van der Waals surface area contributed by atoms with Gasteiger partial charge in [-0.2, -0.15) is 0 Å². The molecule has 0 saturated carbocycles. The molecule has 0 unspecified atom stereocenters. The lowest BCUT2D eigenvalue weighted by molar-refractivity contribution is -0.121. The highest BCUT2D eigenvalue weighted by Crippen LogP contribution is 2.25. The summed E-state index contributed by atoms with van der Waals surface area (Å²) in [6.45, 7) is 3.19. The molecule has 2 aromatic rings. The van der Waals surface area contributed by atoms with Crippen molar-refractivity contribution in [2.45, 2.75) is 43.5 Å². The standard InChI is InChI=1S/C22H27N3O5S/c1-2-3-14-30-18-8-6-17(7-9-18)25-21(26)15-20(22(25)27)24-13-12-16-4-10-19(11-5-16)31(23,28)29/h4-11,20,24H,2-3,12-15H2,1H3,(H2,23,28,29)/t20-/m0/s1. The summed E-state index contributed by atoms with van der Waals surface area (Å²) in [5, 5.41) is 8.21. The third-order valence-corrected chi connectivity index (χ3v) is 5.99. The van der Waals surface area contributed by atoms with Gasteiger partial charge in [0.25, 0.3) is 5.91 Å². The van der Waals surface area contributed by atoms with E-state index < -0.39 is 16.1 Å². The molecule has 31 heavy (non-hydrogen) atoms. The van der Waals surface area contributed by atoms with E-state index in [2.05, 4.69) is 12.2 Å². The maximum absolute atomic E-state index is 12.7. The van der Waals surface area contributed by atoms with E-state index in [-0.39, 0.29) is 23.1 Å². The molecule has 0 bridgehead atoms. The van der Waals surface area contributed by atoms with Crippen LogP contribution in [0.1, 0.15) is 31.7 Å². The maximum atomic E-state index is 12.7. The Balaban J connectivity index is 1.54. The fourth-order valence-corrected chi connectivity index (χ4v) is 3.84. The van der Waals surface area contributed by atoms with Crippen LogP contribution in [0.2, 0.25) is 0 Å². The van der Waals surface area contributed by atoms with Crippen molar-refractivity contribution in [1.29, 1.82) is 0 Å². The second-order valence-corrected chi connectivity index (χ2v) is 8.97. The number of imide groups is 1. The summed E-state index contributed by atoms with van der Waals surface area (Å²) in [4.78, 5) is 26.4. The third kappa shape index (κ3) is 5.90. The average molecular weight is 446 g/mol. The Morgan fingerprint density at radius 1 is 1.10 bits per heavy atom. The number of anilines is 1. The number of nitrogens with two attached hydrogens (primary N) is 1. The minimum absolute atomic E-state index is 0.0539. The van der Waals surface area contributed by atoms with Gasteiger partial charge in [0, 0.05) is 0 Å². The van der Waals surface area contributed by atoms with E-state index in [9.17, 15) is 18.0 Å². The molecule has 1 aliphatic rings. The Morgan fingerprint density at radius 3 is 2.39 bits per heavy atom. The summed E-state index contributed by atoms with van der Waals surface area (Å²) in [6.07, 6.45) is 2.68. The van der Waals surface area contributed by atoms with Crippen LogP contribution in [-0.4, -0.2) is 39.4 Å². The number of rotatable bonds is 10. The van der Waals surface area contributed by atoms with Crippen molar-refractivity contribution in [2.75, 3.05) is 18.1 Å². The number of carbonyl (C=O) groups is 2. The molecule has 3 rings (SSSR count). The van der Waals surface area contributed by atoms with Crippen LogP contribution in [0.4, 0.5) is 5.69 Å². The minimum atomic E-state index is -3.72. The van der Waals surface area contributed by atoms with Gasteiger partial charge in [-0.05, 0) is 61.3 Å². The van der Waals surface area contributed by atoms with Crippen molar-refractivity contribution in [3.8, 4) is 5.75 Å². The van der Waals surface area contributed by atoms with Crippen LogP contribution in [0.15, 0.2) is 53.4 Å². The highest BCUT2D eigenvalue weighted by Gasteiger charge is 2.39. The van der Waals surface area contributed by atoms with Crippen LogP contribution < -0.4 is 20.1 Å². The second kappa shape index (κ2) is 10.0. The summed E-state index contributed by atoms with van der Waals surface area (Å²) >= 11 is 0. The van der Waals surface area contributed by atoms with Gasteiger partial charge < -0.3 is 10.1 Å². The van der Waals surface area contributed by atoms with Gasteiger partial charge in [-0.25, -0.2) is 18.5 Å². The number of unbranched alkanes of at least 4 members (excludes halogenated alkanes) is 1. The normalized spacial score (nSPS) is 16.7. The first-order valence-corrected chi connectivity index (χ1v) is 11.8. The minimum Gasteiger partial charge on any atom is -0.494 e. The van der Waals surface area contributed by atoms with Crippen molar-refractivity contribution in [3.05, 3.63) is 54.1 Å². The van der Waals surface area contributed by atoms with E-state index in [0.717, 1.165) is 18.4 Å². The number of ether oxygens (including phenoxy) is 1. The van der Waals surface area contributed by atoms with Gasteiger partial charge in [0.2, 0.25) is 15.9 Å². The molecule has 1 fully saturated rings. The lowest BCUT2D eigenvalue weighted by Crippen LogP contribution is -2.39. The van der Waals surface area contributed by atoms with Gasteiger partial charge in [0.15, 0.2) is 0 Å². The summed E-state index contributed by atoms with van der Waals surface area (Å²) in [7, 11) is -3.72. The SMILES string of the molecule is CCCCOc1ccc(N2C(=O)C[C@H](NCCc3ccc(S(N)(=O)=O)cc3)C2=O)cc1. The van der Waals surface area contributed by atoms with Gasteiger partial charge in [-0.3, -0.25) is 9.59 Å². The van der Waals surface area contributed by atoms with Crippen molar-refractivity contribution < 1.29 is 22.7 Å². The Bertz CT molecular complexity index is 1020. The van der Waals surface area contributed by atoms with E-state index in [1.807, 2.05) is 0 Å². The maximum Gasteiger partial charge on any atom is 0.251 e. The Labute approximate surface area is 182 Å². The molecular weight excluding hydrogens is 418 g/mol. The first-order valence-electron chi connectivity index (χ1n) is 10.2. The summed E-state index contributed by atoms with van der Waals surface area (Å²) in [6, 6.07) is 12.6. The molecule has 0 spiro atoms. The molecule has 9 heteroatoms. The van der Waals surface area contributed by atoms with E-state index in [4.69, 9.17) is 9.88 Å². The number of hydrogen-bond donors (Lipinski definition) is 2. The van der Waals surface area contributed by atoms with Crippen LogP contribution >= 0.6 is 0 Å². The van der Waals surface area contributed by atoms with Crippen molar-refractivity contribution >= 4 is 27.5 Å². The molecule has 0 aromatic heterocycles. The molecule has 1 saturated heterocycles. The first-order chi connectivity index (χ1) is 14.8. The number of benzene rings is 2. The molecule has 1 atom stereocenters. The highest BCUT2D eigenvalue weighted by molar-refractivity contribution is 7.89. The third-order valence-electron chi connectivity index (χ3n) is 5.06. The predicted octanol–water partition coefficient (Wildman–Crippen LogP) is 1.98.